The van der Waals surface area contributed by atoms with E-state index in [0.717, 1.165) is 58.4 Å². The van der Waals surface area contributed by atoms with E-state index in [2.05, 4.69) is 9.80 Å². The molecule has 6 heterocycles. The van der Waals surface area contributed by atoms with Crippen LogP contribution in [0.2, 0.25) is 0 Å². The number of rotatable bonds is 3. The predicted molar refractivity (Wildman–Crippen MR) is 85.2 cm³/mol. The van der Waals surface area contributed by atoms with E-state index in [1.54, 1.807) is 7.11 Å². The van der Waals surface area contributed by atoms with Crippen LogP contribution in [-0.2, 0) is 14.3 Å². The number of hydrogen-bond acceptors (Lipinski definition) is 6. The van der Waals surface area contributed by atoms with E-state index in [4.69, 9.17) is 4.74 Å². The van der Waals surface area contributed by atoms with Gasteiger partial charge in [0.1, 0.15) is 11.3 Å². The van der Waals surface area contributed by atoms with Crippen molar-refractivity contribution in [3.63, 3.8) is 0 Å². The third kappa shape index (κ3) is 3.09. The molecular weight excluding hydrogens is 296 g/mol. The van der Waals surface area contributed by atoms with Gasteiger partial charge < -0.3 is 9.84 Å². The van der Waals surface area contributed by atoms with E-state index < -0.39 is 5.54 Å². The van der Waals surface area contributed by atoms with E-state index in [9.17, 15) is 14.7 Å². The fraction of sp³-hybridized carbons (Fsp3) is 0.882. The lowest BCUT2D eigenvalue weighted by Crippen LogP contribution is -2.68. The summed E-state index contributed by atoms with van der Waals surface area (Å²) in [5, 5.41) is 9.42. The van der Waals surface area contributed by atoms with Gasteiger partial charge >= 0.3 is 0 Å². The van der Waals surface area contributed by atoms with Crippen LogP contribution in [0.25, 0.3) is 0 Å². The second-order valence-electron chi connectivity index (χ2n) is 7.27. The highest BCUT2D eigenvalue weighted by Crippen LogP contribution is 2.36. The summed E-state index contributed by atoms with van der Waals surface area (Å²) in [5.41, 5.74) is -0.726. The lowest BCUT2D eigenvalue weighted by Gasteiger charge is -2.51. The third-order valence-corrected chi connectivity index (χ3v) is 6.00. The van der Waals surface area contributed by atoms with Crippen molar-refractivity contribution < 1.29 is 19.4 Å². The summed E-state index contributed by atoms with van der Waals surface area (Å²) in [4.78, 5) is 27.4. The van der Waals surface area contributed by atoms with Gasteiger partial charge in [0.05, 0.1) is 19.8 Å². The number of ketones is 2. The molecule has 1 N–H and O–H groups in total. The number of fused-ring (bicyclic) bond motifs is 6. The van der Waals surface area contributed by atoms with Crippen molar-refractivity contribution in [1.29, 1.82) is 0 Å². The Morgan fingerprint density at radius 1 is 1.09 bits per heavy atom. The lowest BCUT2D eigenvalue weighted by molar-refractivity contribution is -0.158. The van der Waals surface area contributed by atoms with Crippen LogP contribution in [0.4, 0.5) is 0 Å². The summed E-state index contributed by atoms with van der Waals surface area (Å²) in [5.74, 6) is 1.25. The van der Waals surface area contributed by atoms with Crippen LogP contribution in [0, 0.1) is 11.8 Å². The molecule has 6 rings (SSSR count). The Balaban J connectivity index is 0.000000149. The molecule has 0 aromatic carbocycles. The normalized spacial score (nSPS) is 41.7. The highest BCUT2D eigenvalue weighted by Gasteiger charge is 2.52. The third-order valence-electron chi connectivity index (χ3n) is 6.00. The Morgan fingerprint density at radius 3 is 2.04 bits per heavy atom. The predicted octanol–water partition coefficient (Wildman–Crippen LogP) is -0.0603. The van der Waals surface area contributed by atoms with E-state index in [-0.39, 0.29) is 18.3 Å². The first-order chi connectivity index (χ1) is 11.1. The van der Waals surface area contributed by atoms with E-state index in [1.807, 2.05) is 0 Å². The Kier molecular flexibility index (Phi) is 5.16. The molecular formula is C17H28N2O4. The molecule has 0 radical (unpaired) electrons. The summed E-state index contributed by atoms with van der Waals surface area (Å²) in [6.45, 7) is 5.10. The Bertz CT molecular complexity index is 454. The minimum absolute atomic E-state index is 0.115. The van der Waals surface area contributed by atoms with E-state index in [1.165, 1.54) is 0 Å². The maximum absolute atomic E-state index is 12.0. The van der Waals surface area contributed by atoms with Crippen LogP contribution in [-0.4, -0.2) is 85.1 Å². The Hall–Kier alpha value is -0.820. The molecule has 4 bridgehead atoms. The Labute approximate surface area is 137 Å². The summed E-state index contributed by atoms with van der Waals surface area (Å²) in [6.07, 6.45) is 4.15. The van der Waals surface area contributed by atoms with Gasteiger partial charge in [0, 0.05) is 18.9 Å². The van der Waals surface area contributed by atoms with Gasteiger partial charge in [-0.2, -0.15) is 0 Å². The van der Waals surface area contributed by atoms with Gasteiger partial charge in [0.2, 0.25) is 0 Å². The molecule has 6 fully saturated rings. The largest absolute Gasteiger partial charge is 0.394 e. The lowest BCUT2D eigenvalue weighted by atomic mass is 9.74. The van der Waals surface area contributed by atoms with Crippen LogP contribution in [0.3, 0.4) is 0 Å². The van der Waals surface area contributed by atoms with Crippen LogP contribution in [0.5, 0.6) is 0 Å². The summed E-state index contributed by atoms with van der Waals surface area (Å²) >= 11 is 0. The van der Waals surface area contributed by atoms with Crippen molar-refractivity contribution in [3.8, 4) is 0 Å². The molecule has 23 heavy (non-hydrogen) atoms. The van der Waals surface area contributed by atoms with Gasteiger partial charge in [-0.05, 0) is 51.9 Å². The van der Waals surface area contributed by atoms with Crippen molar-refractivity contribution in [3.05, 3.63) is 0 Å². The van der Waals surface area contributed by atoms with Gasteiger partial charge in [-0.1, -0.05) is 0 Å². The van der Waals surface area contributed by atoms with Crippen LogP contribution >= 0.6 is 0 Å². The Morgan fingerprint density at radius 2 is 1.70 bits per heavy atom. The van der Waals surface area contributed by atoms with Crippen molar-refractivity contribution in [2.45, 2.75) is 31.2 Å². The number of piperidine rings is 6. The van der Waals surface area contributed by atoms with Gasteiger partial charge in [-0.15, -0.1) is 0 Å². The monoisotopic (exact) mass is 324 g/mol. The van der Waals surface area contributed by atoms with Gasteiger partial charge in [0.15, 0.2) is 5.78 Å². The topological polar surface area (TPSA) is 70.1 Å². The number of carbonyl (C=O) groups is 2. The second-order valence-corrected chi connectivity index (χ2v) is 7.27. The number of aliphatic hydroxyl groups is 1. The zero-order chi connectivity index (χ0) is 16.4. The number of nitrogens with zero attached hydrogens (tertiary/aromatic N) is 2. The zero-order valence-corrected chi connectivity index (χ0v) is 14.0. The fourth-order valence-corrected chi connectivity index (χ4v) is 4.49. The maximum Gasteiger partial charge on any atom is 0.160 e. The highest BCUT2D eigenvalue weighted by molar-refractivity contribution is 5.92. The van der Waals surface area contributed by atoms with Gasteiger partial charge in [-0.3, -0.25) is 19.4 Å². The van der Waals surface area contributed by atoms with Crippen LogP contribution in [0.15, 0.2) is 0 Å². The molecule has 1 unspecified atom stereocenters. The molecule has 0 aromatic heterocycles. The molecule has 6 nitrogen and oxygen atoms in total. The molecule has 6 saturated heterocycles. The van der Waals surface area contributed by atoms with Crippen LogP contribution in [0.1, 0.15) is 25.7 Å². The average Bonchev–Trinajstić information content (AvgIpc) is 2.60. The molecule has 0 saturated carbocycles. The molecule has 130 valence electrons. The summed E-state index contributed by atoms with van der Waals surface area (Å²) in [6, 6.07) is 0. The first-order valence-electron chi connectivity index (χ1n) is 8.75. The number of Topliss-reactive ketones (excluding diaryl/α,β-unsaturated/α-hetero) is 2. The molecule has 0 aliphatic carbocycles. The molecule has 0 amide bonds. The standard InChI is InChI=1S/C10H17NO3.C7H11NO/c1-14-7-10(6-12)9(13)8-2-4-11(10)5-3-8;9-7-5-8-3-1-6(7)2-4-8/h8,12H,2-7H2,1H3;6H,1-5H2. The van der Waals surface area contributed by atoms with Crippen molar-refractivity contribution in [2.75, 3.05) is 53.0 Å². The number of aliphatic hydroxyl groups excluding tert-OH is 1. The SMILES string of the molecule is COCC1(CO)C(=O)C2CCN1CC2.O=C1CN2CCC1CC2. The molecule has 6 aliphatic rings. The first-order valence-corrected chi connectivity index (χ1v) is 8.75. The smallest absolute Gasteiger partial charge is 0.160 e. The number of hydrogen-bond donors (Lipinski definition) is 1. The number of ether oxygens (including phenoxy) is 1. The first kappa shape index (κ1) is 17.0. The average molecular weight is 324 g/mol. The fourth-order valence-electron chi connectivity index (χ4n) is 4.49. The molecule has 0 spiro atoms. The van der Waals surface area contributed by atoms with Crippen LogP contribution < -0.4 is 0 Å². The molecule has 6 heteroatoms. The molecule has 6 aliphatic heterocycles. The van der Waals surface area contributed by atoms with E-state index >= 15 is 0 Å². The van der Waals surface area contributed by atoms with Crippen molar-refractivity contribution in [2.24, 2.45) is 11.8 Å². The summed E-state index contributed by atoms with van der Waals surface area (Å²) in [7, 11) is 1.58. The highest BCUT2D eigenvalue weighted by atomic mass is 16.5. The quantitative estimate of drug-likeness (QED) is 0.784. The summed E-state index contributed by atoms with van der Waals surface area (Å²) < 4.78 is 5.08. The maximum atomic E-state index is 12.0. The van der Waals surface area contributed by atoms with Gasteiger partial charge in [-0.25, -0.2) is 0 Å². The molecule has 0 aromatic rings. The second kappa shape index (κ2) is 6.97. The molecule has 1 atom stereocenters. The van der Waals surface area contributed by atoms with Crippen molar-refractivity contribution >= 4 is 11.6 Å². The van der Waals surface area contributed by atoms with E-state index in [0.29, 0.717) is 18.3 Å². The van der Waals surface area contributed by atoms with Crippen molar-refractivity contribution in [1.82, 2.24) is 9.80 Å². The minimum Gasteiger partial charge on any atom is -0.394 e. The number of methoxy groups -OCH3 is 1. The minimum atomic E-state index is -0.726. The number of carbonyl (C=O) groups excluding carboxylic acids is 2. The zero-order valence-electron chi connectivity index (χ0n) is 14.0. The van der Waals surface area contributed by atoms with Gasteiger partial charge in [0.25, 0.3) is 0 Å².